The molecular weight excluding hydrogens is 409 g/mol. The fraction of sp³-hybridized carbons (Fsp3) is 0.0556. The zero-order chi connectivity index (χ0) is 20.6. The molecule has 0 fully saturated rings. The standard InChI is InChI=1S/C18H11F3N4O3S/c19-18(20,21)17-23-16(24-28-17)11-3-5-13(6-4-11)25-29(26,27)14-7-8-15-12(10-14)2-1-9-22-15/h1-10,25H. The lowest BCUT2D eigenvalue weighted by Gasteiger charge is -2.09. The van der Waals surface area contributed by atoms with E-state index in [4.69, 9.17) is 0 Å². The second kappa shape index (κ2) is 6.85. The van der Waals surface area contributed by atoms with Crippen LogP contribution in [0, 0.1) is 0 Å². The summed E-state index contributed by atoms with van der Waals surface area (Å²) in [6.45, 7) is 0. The highest BCUT2D eigenvalue weighted by molar-refractivity contribution is 7.92. The molecule has 2 aromatic carbocycles. The molecule has 148 valence electrons. The predicted octanol–water partition coefficient (Wildman–Crippen LogP) is 4.10. The number of aromatic nitrogens is 3. The zero-order valence-electron chi connectivity index (χ0n) is 14.4. The van der Waals surface area contributed by atoms with E-state index in [1.54, 1.807) is 24.4 Å². The average molecular weight is 420 g/mol. The van der Waals surface area contributed by atoms with Crippen LogP contribution in [0.15, 0.2) is 70.2 Å². The third-order valence-electron chi connectivity index (χ3n) is 3.95. The summed E-state index contributed by atoms with van der Waals surface area (Å²) in [6.07, 6.45) is -3.13. The molecule has 7 nitrogen and oxygen atoms in total. The molecule has 11 heteroatoms. The van der Waals surface area contributed by atoms with Gasteiger partial charge in [0.25, 0.3) is 10.0 Å². The maximum Gasteiger partial charge on any atom is 0.471 e. The Morgan fingerprint density at radius 2 is 1.76 bits per heavy atom. The molecule has 0 radical (unpaired) electrons. The van der Waals surface area contributed by atoms with Gasteiger partial charge >= 0.3 is 12.1 Å². The third kappa shape index (κ3) is 3.90. The number of nitrogens with one attached hydrogen (secondary N) is 1. The highest BCUT2D eigenvalue weighted by atomic mass is 32.2. The molecule has 2 aromatic heterocycles. The van der Waals surface area contributed by atoms with Crippen LogP contribution in [-0.2, 0) is 16.2 Å². The maximum atomic E-state index is 12.6. The van der Waals surface area contributed by atoms with Gasteiger partial charge in [0.05, 0.1) is 10.4 Å². The minimum atomic E-state index is -4.74. The monoisotopic (exact) mass is 420 g/mol. The van der Waals surface area contributed by atoms with Crippen molar-refractivity contribution in [3.63, 3.8) is 0 Å². The minimum Gasteiger partial charge on any atom is -0.329 e. The Balaban J connectivity index is 1.56. The van der Waals surface area contributed by atoms with Crippen molar-refractivity contribution < 1.29 is 26.1 Å². The quantitative estimate of drug-likeness (QED) is 0.534. The smallest absolute Gasteiger partial charge is 0.329 e. The molecule has 0 amide bonds. The topological polar surface area (TPSA) is 98.0 Å². The first-order valence-corrected chi connectivity index (χ1v) is 9.60. The van der Waals surface area contributed by atoms with Crippen LogP contribution >= 0.6 is 0 Å². The van der Waals surface area contributed by atoms with Crippen LogP contribution in [0.25, 0.3) is 22.3 Å². The summed E-state index contributed by atoms with van der Waals surface area (Å²) >= 11 is 0. The number of sulfonamides is 1. The molecule has 0 saturated carbocycles. The Kier molecular flexibility index (Phi) is 4.46. The van der Waals surface area contributed by atoms with Crippen molar-refractivity contribution in [1.29, 1.82) is 0 Å². The molecule has 0 atom stereocenters. The summed E-state index contributed by atoms with van der Waals surface area (Å²) in [5.41, 5.74) is 1.12. The highest BCUT2D eigenvalue weighted by Crippen LogP contribution is 2.30. The number of pyridine rings is 1. The highest BCUT2D eigenvalue weighted by Gasteiger charge is 2.38. The van der Waals surface area contributed by atoms with Crippen molar-refractivity contribution in [2.24, 2.45) is 0 Å². The SMILES string of the molecule is O=S(=O)(Nc1ccc(-c2noc(C(F)(F)F)n2)cc1)c1ccc2ncccc2c1. The van der Waals surface area contributed by atoms with E-state index in [2.05, 4.69) is 24.4 Å². The molecule has 2 heterocycles. The summed E-state index contributed by atoms with van der Waals surface area (Å²) in [5.74, 6) is -1.71. The van der Waals surface area contributed by atoms with Gasteiger partial charge in [-0.15, -0.1) is 0 Å². The number of alkyl halides is 3. The second-order valence-electron chi connectivity index (χ2n) is 5.96. The van der Waals surface area contributed by atoms with Gasteiger partial charge in [0.1, 0.15) is 0 Å². The van der Waals surface area contributed by atoms with E-state index in [-0.39, 0.29) is 22.0 Å². The van der Waals surface area contributed by atoms with Crippen LogP contribution in [0.4, 0.5) is 18.9 Å². The van der Waals surface area contributed by atoms with E-state index in [0.29, 0.717) is 10.9 Å². The Morgan fingerprint density at radius 3 is 2.45 bits per heavy atom. The van der Waals surface area contributed by atoms with Crippen LogP contribution in [0.5, 0.6) is 0 Å². The number of hydrogen-bond acceptors (Lipinski definition) is 6. The number of anilines is 1. The molecule has 0 aliphatic heterocycles. The molecule has 4 aromatic rings. The molecular formula is C18H11F3N4O3S. The molecule has 0 aliphatic carbocycles. The van der Waals surface area contributed by atoms with Crippen molar-refractivity contribution in [2.45, 2.75) is 11.1 Å². The van der Waals surface area contributed by atoms with Gasteiger partial charge in [-0.3, -0.25) is 9.71 Å². The predicted molar refractivity (Wildman–Crippen MR) is 97.3 cm³/mol. The molecule has 0 spiro atoms. The van der Waals surface area contributed by atoms with E-state index in [9.17, 15) is 21.6 Å². The lowest BCUT2D eigenvalue weighted by Crippen LogP contribution is -2.12. The number of benzene rings is 2. The summed E-state index contributed by atoms with van der Waals surface area (Å²) in [7, 11) is -3.87. The summed E-state index contributed by atoms with van der Waals surface area (Å²) < 4.78 is 69.5. The Morgan fingerprint density at radius 1 is 1.00 bits per heavy atom. The van der Waals surface area contributed by atoms with Crippen LogP contribution in [0.2, 0.25) is 0 Å². The van der Waals surface area contributed by atoms with Gasteiger partial charge in [0.2, 0.25) is 5.82 Å². The number of hydrogen-bond donors (Lipinski definition) is 1. The minimum absolute atomic E-state index is 0.0510. The molecule has 0 saturated heterocycles. The van der Waals surface area contributed by atoms with E-state index in [0.717, 1.165) is 0 Å². The normalized spacial score (nSPS) is 12.2. The Hall–Kier alpha value is -3.47. The molecule has 0 aliphatic rings. The first kappa shape index (κ1) is 18.9. The van der Waals surface area contributed by atoms with Crippen molar-refractivity contribution in [3.05, 3.63) is 66.7 Å². The fourth-order valence-corrected chi connectivity index (χ4v) is 3.67. The number of rotatable bonds is 4. The van der Waals surface area contributed by atoms with Gasteiger partial charge in [-0.2, -0.15) is 18.2 Å². The van der Waals surface area contributed by atoms with Gasteiger partial charge in [-0.25, -0.2) is 8.42 Å². The Bertz CT molecular complexity index is 1290. The van der Waals surface area contributed by atoms with Crippen molar-refractivity contribution >= 4 is 26.6 Å². The Labute approximate surface area is 162 Å². The van der Waals surface area contributed by atoms with Crippen molar-refractivity contribution in [2.75, 3.05) is 4.72 Å². The fourth-order valence-electron chi connectivity index (χ4n) is 2.58. The van der Waals surface area contributed by atoms with Gasteiger partial charge in [-0.05, 0) is 48.5 Å². The van der Waals surface area contributed by atoms with Crippen LogP contribution in [0.1, 0.15) is 5.89 Å². The van der Waals surface area contributed by atoms with Gasteiger partial charge < -0.3 is 4.52 Å². The molecule has 0 unspecified atom stereocenters. The molecule has 1 N–H and O–H groups in total. The lowest BCUT2D eigenvalue weighted by molar-refractivity contribution is -0.159. The van der Waals surface area contributed by atoms with Crippen LogP contribution in [-0.4, -0.2) is 23.5 Å². The number of nitrogens with zero attached hydrogens (tertiary/aromatic N) is 3. The molecule has 4 rings (SSSR count). The van der Waals surface area contributed by atoms with Gasteiger partial charge in [0, 0.05) is 22.8 Å². The van der Waals surface area contributed by atoms with E-state index in [1.165, 1.54) is 36.4 Å². The van der Waals surface area contributed by atoms with E-state index >= 15 is 0 Å². The second-order valence-corrected chi connectivity index (χ2v) is 7.64. The van der Waals surface area contributed by atoms with Gasteiger partial charge in [0.15, 0.2) is 0 Å². The summed E-state index contributed by atoms with van der Waals surface area (Å²) in [4.78, 5) is 7.47. The third-order valence-corrected chi connectivity index (χ3v) is 5.33. The summed E-state index contributed by atoms with van der Waals surface area (Å²) in [6, 6.07) is 13.5. The first-order chi connectivity index (χ1) is 13.7. The molecule has 29 heavy (non-hydrogen) atoms. The average Bonchev–Trinajstić information content (AvgIpc) is 3.19. The number of fused-ring (bicyclic) bond motifs is 1. The van der Waals surface area contributed by atoms with Crippen molar-refractivity contribution in [1.82, 2.24) is 15.1 Å². The zero-order valence-corrected chi connectivity index (χ0v) is 15.2. The van der Waals surface area contributed by atoms with Crippen molar-refractivity contribution in [3.8, 4) is 11.4 Å². The van der Waals surface area contributed by atoms with Gasteiger partial charge in [-0.1, -0.05) is 11.2 Å². The van der Waals surface area contributed by atoms with E-state index in [1.807, 2.05) is 0 Å². The largest absolute Gasteiger partial charge is 0.471 e. The van der Waals surface area contributed by atoms with Crippen LogP contribution in [0.3, 0.4) is 0 Å². The molecule has 0 bridgehead atoms. The summed E-state index contributed by atoms with van der Waals surface area (Å²) in [5, 5.41) is 3.95. The van der Waals surface area contributed by atoms with Crippen LogP contribution < -0.4 is 4.72 Å². The number of halogens is 3. The van der Waals surface area contributed by atoms with E-state index < -0.39 is 22.1 Å². The lowest BCUT2D eigenvalue weighted by atomic mass is 10.2. The maximum absolute atomic E-state index is 12.6. The first-order valence-electron chi connectivity index (χ1n) is 8.11.